The molecule has 6 heteroatoms. The lowest BCUT2D eigenvalue weighted by molar-refractivity contribution is 0.236. The van der Waals surface area contributed by atoms with E-state index >= 15 is 0 Å². The number of aliphatic hydroxyl groups is 1. The van der Waals surface area contributed by atoms with Crippen LogP contribution < -0.4 is 5.73 Å². The van der Waals surface area contributed by atoms with Gasteiger partial charge in [0.1, 0.15) is 6.04 Å². The summed E-state index contributed by atoms with van der Waals surface area (Å²) in [5, 5.41) is 13.2. The predicted molar refractivity (Wildman–Crippen MR) is 59.4 cm³/mol. The van der Waals surface area contributed by atoms with Crippen LogP contribution in [0.2, 0.25) is 0 Å². The molecule has 0 aliphatic heterocycles. The molecule has 0 saturated carbocycles. The van der Waals surface area contributed by atoms with Gasteiger partial charge >= 0.3 is 0 Å². The van der Waals surface area contributed by atoms with Crippen LogP contribution in [0.15, 0.2) is 4.52 Å². The van der Waals surface area contributed by atoms with Gasteiger partial charge in [-0.2, -0.15) is 16.7 Å². The summed E-state index contributed by atoms with van der Waals surface area (Å²) in [4.78, 5) is 4.10. The largest absolute Gasteiger partial charge is 0.394 e. The first-order valence-electron chi connectivity index (χ1n) is 4.97. The van der Waals surface area contributed by atoms with Crippen molar-refractivity contribution in [1.29, 1.82) is 0 Å². The third kappa shape index (κ3) is 3.81. The third-order valence-electron chi connectivity index (χ3n) is 2.07. The first-order chi connectivity index (χ1) is 7.17. The summed E-state index contributed by atoms with van der Waals surface area (Å²) in [5.74, 6) is 1.66. The second-order valence-corrected chi connectivity index (χ2v) is 4.79. The van der Waals surface area contributed by atoms with Gasteiger partial charge in [0, 0.05) is 5.25 Å². The Bertz CT molecular complexity index is 293. The van der Waals surface area contributed by atoms with Crippen LogP contribution >= 0.6 is 11.8 Å². The molecule has 0 radical (unpaired) electrons. The smallest absolute Gasteiger partial charge is 0.245 e. The standard InChI is InChI=1S/C9H17N3O2S/c1-3-6(2)15-5-8-11-9(14-12-8)7(10)4-13/h6-7,13H,3-5,10H2,1-2H3/t6?,7-/m1/s1. The molecule has 1 aromatic rings. The SMILES string of the molecule is CCC(C)SCc1noc([C@H](N)CO)n1. The molecule has 0 bridgehead atoms. The number of rotatable bonds is 6. The van der Waals surface area contributed by atoms with Crippen LogP contribution in [0.25, 0.3) is 0 Å². The highest BCUT2D eigenvalue weighted by Crippen LogP contribution is 2.18. The van der Waals surface area contributed by atoms with Crippen LogP contribution in [0.3, 0.4) is 0 Å². The Balaban J connectivity index is 2.46. The van der Waals surface area contributed by atoms with Crippen LogP contribution in [0, 0.1) is 0 Å². The van der Waals surface area contributed by atoms with Gasteiger partial charge < -0.3 is 15.4 Å². The predicted octanol–water partition coefficient (Wildman–Crippen LogP) is 1.09. The highest BCUT2D eigenvalue weighted by Gasteiger charge is 2.13. The number of thioether (sulfide) groups is 1. The molecule has 0 aromatic carbocycles. The maximum Gasteiger partial charge on any atom is 0.245 e. The molecular formula is C9H17N3O2S. The number of hydrogen-bond acceptors (Lipinski definition) is 6. The Kier molecular flexibility index (Phi) is 5.07. The summed E-state index contributed by atoms with van der Waals surface area (Å²) in [5.41, 5.74) is 5.54. The number of nitrogens with zero attached hydrogens (tertiary/aromatic N) is 2. The van der Waals surface area contributed by atoms with Crippen LogP contribution in [-0.4, -0.2) is 27.1 Å². The van der Waals surface area contributed by atoms with E-state index in [2.05, 4.69) is 24.0 Å². The lowest BCUT2D eigenvalue weighted by Crippen LogP contribution is -2.14. The summed E-state index contributed by atoms with van der Waals surface area (Å²) >= 11 is 1.77. The number of nitrogens with two attached hydrogens (primary N) is 1. The average molecular weight is 231 g/mol. The molecule has 0 amide bonds. The molecule has 5 nitrogen and oxygen atoms in total. The fraction of sp³-hybridized carbons (Fsp3) is 0.778. The van der Waals surface area contributed by atoms with E-state index in [1.165, 1.54) is 0 Å². The van der Waals surface area contributed by atoms with Gasteiger partial charge in [-0.3, -0.25) is 0 Å². The molecule has 86 valence electrons. The molecule has 1 heterocycles. The van der Waals surface area contributed by atoms with Crippen LogP contribution in [0.5, 0.6) is 0 Å². The number of aromatic nitrogens is 2. The van der Waals surface area contributed by atoms with Crippen molar-refractivity contribution in [2.45, 2.75) is 37.3 Å². The van der Waals surface area contributed by atoms with Gasteiger partial charge in [0.15, 0.2) is 5.82 Å². The van der Waals surface area contributed by atoms with E-state index in [9.17, 15) is 0 Å². The molecule has 0 saturated heterocycles. The van der Waals surface area contributed by atoms with E-state index in [0.717, 1.165) is 12.2 Å². The Morgan fingerprint density at radius 3 is 2.93 bits per heavy atom. The molecule has 1 rings (SSSR count). The zero-order valence-electron chi connectivity index (χ0n) is 9.01. The number of aliphatic hydroxyl groups excluding tert-OH is 1. The van der Waals surface area contributed by atoms with E-state index in [0.29, 0.717) is 17.0 Å². The van der Waals surface area contributed by atoms with Gasteiger partial charge in [-0.25, -0.2) is 0 Å². The van der Waals surface area contributed by atoms with Crippen LogP contribution in [0.4, 0.5) is 0 Å². The van der Waals surface area contributed by atoms with Crippen molar-refractivity contribution < 1.29 is 9.63 Å². The first-order valence-corrected chi connectivity index (χ1v) is 6.02. The van der Waals surface area contributed by atoms with Crippen molar-refractivity contribution in [2.75, 3.05) is 6.61 Å². The van der Waals surface area contributed by atoms with E-state index in [1.807, 2.05) is 0 Å². The Morgan fingerprint density at radius 1 is 1.60 bits per heavy atom. The maximum absolute atomic E-state index is 8.80. The van der Waals surface area contributed by atoms with E-state index in [-0.39, 0.29) is 6.61 Å². The second-order valence-electron chi connectivity index (χ2n) is 3.37. The molecule has 0 aliphatic carbocycles. The van der Waals surface area contributed by atoms with Crippen molar-refractivity contribution in [2.24, 2.45) is 5.73 Å². The summed E-state index contributed by atoms with van der Waals surface area (Å²) in [7, 11) is 0. The van der Waals surface area contributed by atoms with E-state index < -0.39 is 6.04 Å². The zero-order chi connectivity index (χ0) is 11.3. The summed E-state index contributed by atoms with van der Waals surface area (Å²) in [6.45, 7) is 4.12. The molecule has 0 spiro atoms. The monoisotopic (exact) mass is 231 g/mol. The van der Waals surface area contributed by atoms with Gasteiger partial charge in [0.2, 0.25) is 5.89 Å². The summed E-state index contributed by atoms with van der Waals surface area (Å²) in [6.07, 6.45) is 1.12. The highest BCUT2D eigenvalue weighted by molar-refractivity contribution is 7.99. The van der Waals surface area contributed by atoms with Crippen LogP contribution in [-0.2, 0) is 5.75 Å². The van der Waals surface area contributed by atoms with Gasteiger partial charge in [-0.1, -0.05) is 19.0 Å². The normalized spacial score (nSPS) is 15.2. The third-order valence-corrected chi connectivity index (χ3v) is 3.40. The van der Waals surface area contributed by atoms with Gasteiger partial charge in [0.25, 0.3) is 0 Å². The minimum absolute atomic E-state index is 0.180. The molecular weight excluding hydrogens is 214 g/mol. The molecule has 1 aromatic heterocycles. The first kappa shape index (κ1) is 12.5. The molecule has 0 aliphatic rings. The van der Waals surface area contributed by atoms with Gasteiger partial charge in [-0.05, 0) is 6.42 Å². The minimum atomic E-state index is -0.570. The van der Waals surface area contributed by atoms with Crippen molar-refractivity contribution >= 4 is 11.8 Å². The van der Waals surface area contributed by atoms with Gasteiger partial charge in [-0.15, -0.1) is 0 Å². The molecule has 2 atom stereocenters. The molecule has 1 unspecified atom stereocenters. The van der Waals surface area contributed by atoms with Crippen molar-refractivity contribution in [3.63, 3.8) is 0 Å². The fourth-order valence-electron chi connectivity index (χ4n) is 0.889. The molecule has 0 fully saturated rings. The Hall–Kier alpha value is -0.590. The summed E-state index contributed by atoms with van der Waals surface area (Å²) < 4.78 is 4.92. The van der Waals surface area contributed by atoms with Crippen molar-refractivity contribution in [3.8, 4) is 0 Å². The highest BCUT2D eigenvalue weighted by atomic mass is 32.2. The lowest BCUT2D eigenvalue weighted by atomic mass is 10.3. The Labute approximate surface area is 93.4 Å². The topological polar surface area (TPSA) is 85.2 Å². The van der Waals surface area contributed by atoms with E-state index in [4.69, 9.17) is 15.4 Å². The summed E-state index contributed by atoms with van der Waals surface area (Å²) in [6, 6.07) is -0.570. The van der Waals surface area contributed by atoms with Gasteiger partial charge in [0.05, 0.1) is 12.4 Å². The minimum Gasteiger partial charge on any atom is -0.394 e. The molecule has 15 heavy (non-hydrogen) atoms. The quantitative estimate of drug-likeness (QED) is 0.762. The van der Waals surface area contributed by atoms with E-state index in [1.54, 1.807) is 11.8 Å². The lowest BCUT2D eigenvalue weighted by Gasteiger charge is -2.04. The number of hydrogen-bond donors (Lipinski definition) is 2. The van der Waals surface area contributed by atoms with Crippen molar-refractivity contribution in [1.82, 2.24) is 10.1 Å². The molecule has 3 N–H and O–H groups in total. The second kappa shape index (κ2) is 6.09. The fourth-order valence-corrected chi connectivity index (χ4v) is 1.68. The maximum atomic E-state index is 8.80. The zero-order valence-corrected chi connectivity index (χ0v) is 9.83. The Morgan fingerprint density at radius 2 is 2.33 bits per heavy atom. The average Bonchev–Trinajstić information content (AvgIpc) is 2.73. The van der Waals surface area contributed by atoms with Crippen molar-refractivity contribution in [3.05, 3.63) is 11.7 Å². The van der Waals surface area contributed by atoms with Crippen LogP contribution in [0.1, 0.15) is 38.0 Å².